The van der Waals surface area contributed by atoms with Crippen molar-refractivity contribution in [1.82, 2.24) is 14.5 Å². The molecule has 0 fully saturated rings. The van der Waals surface area contributed by atoms with E-state index in [1.165, 1.54) is 10.6 Å². The van der Waals surface area contributed by atoms with E-state index < -0.39 is 8.07 Å². The lowest BCUT2D eigenvalue weighted by Gasteiger charge is -2.19. The molecular formula is C31H29N5OSi. The second-order valence-corrected chi connectivity index (χ2v) is 15.8. The normalized spacial score (nSPS) is 13.4. The summed E-state index contributed by atoms with van der Waals surface area (Å²) in [6, 6.07) is 24.7. The molecule has 0 radical (unpaired) electrons. The number of benzene rings is 3. The zero-order valence-electron chi connectivity index (χ0n) is 22.0. The van der Waals surface area contributed by atoms with Crippen molar-refractivity contribution < 1.29 is 4.74 Å². The number of aromatic nitrogens is 2. The molecule has 3 aromatic carbocycles. The second kappa shape index (κ2) is 9.09. The van der Waals surface area contributed by atoms with Gasteiger partial charge < -0.3 is 14.5 Å². The van der Waals surface area contributed by atoms with Gasteiger partial charge in [0.15, 0.2) is 5.69 Å². The lowest BCUT2D eigenvalue weighted by molar-refractivity contribution is 0.481. The fraction of sp³-hybridized carbons (Fsp3) is 0.161. The molecule has 0 atom stereocenters. The van der Waals surface area contributed by atoms with Gasteiger partial charge >= 0.3 is 0 Å². The first kappa shape index (κ1) is 23.8. The Balaban J connectivity index is 1.46. The van der Waals surface area contributed by atoms with Crippen LogP contribution in [0.1, 0.15) is 0 Å². The summed E-state index contributed by atoms with van der Waals surface area (Å²) in [7, 11) is 0.505. The van der Waals surface area contributed by atoms with Crippen molar-refractivity contribution in [2.24, 2.45) is 0 Å². The van der Waals surface area contributed by atoms with Crippen LogP contribution >= 0.6 is 0 Å². The standard InChI is InChI=1S/C31H29N5OSi/c1-32-22-16-23(35-15-14-34(2)21-35)18-25(17-22)37-24-10-11-28-27-8-6-7-9-29(27)36(30(28)19-24)31-20-26(12-13-33-31)38(3,4)5/h6-20H,21H2,2-5H3. The third-order valence-corrected chi connectivity index (χ3v) is 8.98. The first-order chi connectivity index (χ1) is 18.3. The van der Waals surface area contributed by atoms with Crippen LogP contribution in [0.3, 0.4) is 0 Å². The summed E-state index contributed by atoms with van der Waals surface area (Å²) in [5, 5.41) is 3.69. The number of hydrogen-bond acceptors (Lipinski definition) is 4. The van der Waals surface area contributed by atoms with Crippen LogP contribution in [0.5, 0.6) is 11.5 Å². The Morgan fingerprint density at radius 1 is 0.868 bits per heavy atom. The highest BCUT2D eigenvalue weighted by Crippen LogP contribution is 2.37. The molecule has 0 unspecified atom stereocenters. The third kappa shape index (κ3) is 4.29. The molecule has 3 heterocycles. The van der Waals surface area contributed by atoms with Gasteiger partial charge in [0.05, 0.1) is 32.3 Å². The molecule has 6 rings (SSSR count). The quantitative estimate of drug-likeness (QED) is 0.183. The Morgan fingerprint density at radius 3 is 2.45 bits per heavy atom. The predicted octanol–water partition coefficient (Wildman–Crippen LogP) is 7.25. The van der Waals surface area contributed by atoms with Gasteiger partial charge in [-0.1, -0.05) is 43.0 Å². The smallest absolute Gasteiger partial charge is 0.192 e. The van der Waals surface area contributed by atoms with Crippen LogP contribution < -0.4 is 14.8 Å². The lowest BCUT2D eigenvalue weighted by Crippen LogP contribution is -2.37. The lowest BCUT2D eigenvalue weighted by atomic mass is 10.1. The second-order valence-electron chi connectivity index (χ2n) is 10.7. The summed E-state index contributed by atoms with van der Waals surface area (Å²) in [6.07, 6.45) is 5.95. The van der Waals surface area contributed by atoms with Crippen molar-refractivity contribution in [3.05, 3.63) is 103 Å². The van der Waals surface area contributed by atoms with E-state index in [-0.39, 0.29) is 0 Å². The highest BCUT2D eigenvalue weighted by atomic mass is 28.3. The molecule has 2 aromatic heterocycles. The van der Waals surface area contributed by atoms with E-state index in [1.54, 1.807) is 6.07 Å². The Labute approximate surface area is 223 Å². The molecule has 0 saturated carbocycles. The van der Waals surface area contributed by atoms with Crippen molar-refractivity contribution >= 4 is 46.4 Å². The molecule has 188 valence electrons. The molecule has 0 saturated heterocycles. The zero-order valence-corrected chi connectivity index (χ0v) is 23.0. The topological polar surface area (TPSA) is 37.9 Å². The van der Waals surface area contributed by atoms with Crippen LogP contribution in [0.25, 0.3) is 32.5 Å². The average Bonchev–Trinajstić information content (AvgIpc) is 3.49. The molecule has 0 N–H and O–H groups in total. The molecule has 1 aliphatic rings. The van der Waals surface area contributed by atoms with Crippen molar-refractivity contribution in [3.8, 4) is 17.3 Å². The van der Waals surface area contributed by atoms with E-state index in [1.807, 2.05) is 43.8 Å². The number of hydrogen-bond donors (Lipinski definition) is 0. The Bertz CT molecular complexity index is 1760. The summed E-state index contributed by atoms with van der Waals surface area (Å²) in [5.74, 6) is 2.26. The van der Waals surface area contributed by atoms with Crippen LogP contribution in [0, 0.1) is 6.57 Å². The number of fused-ring (bicyclic) bond motifs is 3. The number of para-hydroxylation sites is 1. The Morgan fingerprint density at radius 2 is 1.68 bits per heavy atom. The molecule has 0 amide bonds. The molecule has 5 aromatic rings. The summed E-state index contributed by atoms with van der Waals surface area (Å²) in [5.41, 5.74) is 3.62. The minimum atomic E-state index is -1.52. The maximum Gasteiger partial charge on any atom is 0.192 e. The first-order valence-corrected chi connectivity index (χ1v) is 16.2. The van der Waals surface area contributed by atoms with E-state index >= 15 is 0 Å². The molecule has 6 nitrogen and oxygen atoms in total. The fourth-order valence-corrected chi connectivity index (χ4v) is 6.09. The fourth-order valence-electron chi connectivity index (χ4n) is 4.96. The Hall–Kier alpha value is -4.54. The number of ether oxygens (including phenoxy) is 1. The van der Waals surface area contributed by atoms with Crippen LogP contribution in [0.15, 0.2) is 91.4 Å². The van der Waals surface area contributed by atoms with Gasteiger partial charge in [0.25, 0.3) is 0 Å². The van der Waals surface area contributed by atoms with Crippen molar-refractivity contribution in [2.45, 2.75) is 19.6 Å². The first-order valence-electron chi connectivity index (χ1n) is 12.7. The molecule has 0 aliphatic carbocycles. The number of anilines is 1. The molecule has 38 heavy (non-hydrogen) atoms. The Kier molecular flexibility index (Phi) is 5.70. The number of pyridine rings is 1. The van der Waals surface area contributed by atoms with Gasteiger partial charge in [0.2, 0.25) is 0 Å². The van der Waals surface area contributed by atoms with Crippen LogP contribution in [0.2, 0.25) is 19.6 Å². The SMILES string of the molecule is [C-]#[N+]c1cc(Oc2ccc3c4ccccc4n(-c4cc([Si](C)(C)C)ccn4)c3c2)cc(N2C=CN(C)C2)c1. The largest absolute Gasteiger partial charge is 0.459 e. The summed E-state index contributed by atoms with van der Waals surface area (Å²) in [4.78, 5) is 12.7. The van der Waals surface area contributed by atoms with E-state index in [9.17, 15) is 0 Å². The van der Waals surface area contributed by atoms with Gasteiger partial charge in [-0.05, 0) is 42.5 Å². The van der Waals surface area contributed by atoms with Crippen LogP contribution in [-0.2, 0) is 0 Å². The summed E-state index contributed by atoms with van der Waals surface area (Å²) >= 11 is 0. The van der Waals surface area contributed by atoms with Gasteiger partial charge in [0, 0.05) is 54.2 Å². The van der Waals surface area contributed by atoms with Crippen molar-refractivity contribution in [3.63, 3.8) is 0 Å². The van der Waals surface area contributed by atoms with Gasteiger partial charge in [-0.25, -0.2) is 9.83 Å². The molecule has 0 spiro atoms. The molecular weight excluding hydrogens is 486 g/mol. The van der Waals surface area contributed by atoms with Gasteiger partial charge in [-0.2, -0.15) is 0 Å². The summed E-state index contributed by atoms with van der Waals surface area (Å²) in [6.45, 7) is 15.4. The van der Waals surface area contributed by atoms with E-state index in [2.05, 4.69) is 87.4 Å². The highest BCUT2D eigenvalue weighted by Gasteiger charge is 2.20. The van der Waals surface area contributed by atoms with E-state index in [0.29, 0.717) is 17.2 Å². The minimum Gasteiger partial charge on any atom is -0.459 e. The average molecular weight is 516 g/mol. The highest BCUT2D eigenvalue weighted by molar-refractivity contribution is 6.88. The third-order valence-electron chi connectivity index (χ3n) is 6.93. The monoisotopic (exact) mass is 515 g/mol. The van der Waals surface area contributed by atoms with Crippen LogP contribution in [-0.4, -0.2) is 36.2 Å². The van der Waals surface area contributed by atoms with Crippen molar-refractivity contribution in [2.75, 3.05) is 18.6 Å². The van der Waals surface area contributed by atoms with Crippen molar-refractivity contribution in [1.29, 1.82) is 0 Å². The maximum atomic E-state index is 7.60. The summed E-state index contributed by atoms with van der Waals surface area (Å²) < 4.78 is 8.62. The molecule has 0 bridgehead atoms. The predicted molar refractivity (Wildman–Crippen MR) is 159 cm³/mol. The number of rotatable bonds is 5. The van der Waals surface area contributed by atoms with Crippen LogP contribution in [0.4, 0.5) is 11.4 Å². The zero-order chi connectivity index (χ0) is 26.4. The van der Waals surface area contributed by atoms with Gasteiger partial charge in [-0.15, -0.1) is 0 Å². The molecule has 7 heteroatoms. The maximum absolute atomic E-state index is 7.60. The minimum absolute atomic E-state index is 0.544. The van der Waals surface area contributed by atoms with E-state index in [0.717, 1.165) is 34.6 Å². The number of nitrogens with zero attached hydrogens (tertiary/aromatic N) is 5. The molecule has 1 aliphatic heterocycles. The van der Waals surface area contributed by atoms with Gasteiger partial charge in [-0.3, -0.25) is 4.57 Å². The van der Waals surface area contributed by atoms with E-state index in [4.69, 9.17) is 16.3 Å². The van der Waals surface area contributed by atoms with Gasteiger partial charge in [0.1, 0.15) is 17.3 Å².